The summed E-state index contributed by atoms with van der Waals surface area (Å²) in [7, 11) is 0. The van der Waals surface area contributed by atoms with E-state index in [0.29, 0.717) is 18.4 Å². The summed E-state index contributed by atoms with van der Waals surface area (Å²) in [5.41, 5.74) is 16.6. The first kappa shape index (κ1) is 44.0. The monoisotopic (exact) mass is 723 g/mol. The Labute approximate surface area is 297 Å². The van der Waals surface area contributed by atoms with Crippen molar-refractivity contribution in [3.8, 4) is 0 Å². The summed E-state index contributed by atoms with van der Waals surface area (Å²) in [6, 6.07) is -2.27. The number of nitrogens with two attached hydrogens (primary N) is 3. The number of nitrogens with one attached hydrogen (secondary N) is 6. The molecule has 0 spiro atoms. The first-order valence-electron chi connectivity index (χ1n) is 17.0. The van der Waals surface area contributed by atoms with Crippen molar-refractivity contribution < 1.29 is 43.1 Å². The molecule has 13 N–H and O–H groups in total. The second kappa shape index (κ2) is 22.7. The minimum absolute atomic E-state index is 0.0341. The zero-order chi connectivity index (χ0) is 38.7. The number of urea groups is 2. The smallest absolute Gasteiger partial charge is 0.326 e. The van der Waals surface area contributed by atoms with Gasteiger partial charge in [0.15, 0.2) is 0 Å². The van der Waals surface area contributed by atoms with Crippen LogP contribution in [-0.2, 0) is 30.4 Å². The minimum atomic E-state index is -1.38. The molecule has 1 aromatic carbocycles. The average Bonchev–Trinajstić information content (AvgIpc) is 3.05. The van der Waals surface area contributed by atoms with E-state index in [4.69, 9.17) is 17.2 Å². The third kappa shape index (κ3) is 17.5. The molecule has 18 heteroatoms. The molecule has 1 rings (SSSR count). The molecule has 0 radical (unpaired) electrons. The number of carbonyl (C=O) groups is 7. The lowest BCUT2D eigenvalue weighted by Gasteiger charge is -2.29. The number of hydrogen-bond donors (Lipinski definition) is 10. The van der Waals surface area contributed by atoms with Crippen molar-refractivity contribution in [2.24, 2.45) is 29.0 Å². The highest BCUT2D eigenvalue weighted by Crippen LogP contribution is 2.13. The molecule has 0 aliphatic rings. The maximum atomic E-state index is 13.7. The van der Waals surface area contributed by atoms with Crippen LogP contribution in [0.15, 0.2) is 24.3 Å². The van der Waals surface area contributed by atoms with Crippen LogP contribution in [0.4, 0.5) is 14.0 Å². The molecular formula is C33H54FN9O8. The molecule has 286 valence electrons. The quantitative estimate of drug-likeness (QED) is 0.0663. The minimum Gasteiger partial charge on any atom is -0.480 e. The van der Waals surface area contributed by atoms with Gasteiger partial charge in [0.2, 0.25) is 23.6 Å². The molecule has 0 aliphatic carbocycles. The predicted octanol–water partition coefficient (Wildman–Crippen LogP) is -0.291. The van der Waals surface area contributed by atoms with Crippen LogP contribution in [0, 0.1) is 17.7 Å². The Morgan fingerprint density at radius 3 is 1.75 bits per heavy atom. The van der Waals surface area contributed by atoms with Crippen molar-refractivity contribution in [2.75, 3.05) is 13.1 Å². The SMILES string of the molecule is CC[C@H](C)[C@H](NC(=O)[C@H](CC(C)C)NC(=O)[C@H](CCCNC(N)=O)NC(=O)[C@@H](N)CCCNC(N)=O)C(=O)N[C@@H](Cc1ccc(F)cc1)C(=O)O. The van der Waals surface area contributed by atoms with E-state index in [9.17, 15) is 43.1 Å². The summed E-state index contributed by atoms with van der Waals surface area (Å²) >= 11 is 0. The number of carboxylic acid groups (broad SMARTS) is 1. The summed E-state index contributed by atoms with van der Waals surface area (Å²) in [5.74, 6) is -5.23. The van der Waals surface area contributed by atoms with Crippen molar-refractivity contribution >= 4 is 41.7 Å². The molecule has 0 aromatic heterocycles. The number of halogens is 1. The second-order valence-corrected chi connectivity index (χ2v) is 12.8. The van der Waals surface area contributed by atoms with Gasteiger partial charge in [-0.25, -0.2) is 18.8 Å². The molecule has 0 saturated heterocycles. The summed E-state index contributed by atoms with van der Waals surface area (Å²) in [5, 5.41) is 25.0. The molecule has 51 heavy (non-hydrogen) atoms. The summed E-state index contributed by atoms with van der Waals surface area (Å²) in [6.45, 7) is 7.41. The zero-order valence-corrected chi connectivity index (χ0v) is 29.6. The largest absolute Gasteiger partial charge is 0.480 e. The molecule has 1 aromatic rings. The highest BCUT2D eigenvalue weighted by atomic mass is 19.1. The van der Waals surface area contributed by atoms with Crippen LogP contribution in [0.1, 0.15) is 71.8 Å². The molecule has 6 atom stereocenters. The number of benzene rings is 1. The van der Waals surface area contributed by atoms with Crippen molar-refractivity contribution in [3.05, 3.63) is 35.6 Å². The fraction of sp³-hybridized carbons (Fsp3) is 0.606. The van der Waals surface area contributed by atoms with Gasteiger partial charge in [0.1, 0.15) is 30.0 Å². The Balaban J connectivity index is 3.16. The van der Waals surface area contributed by atoms with Gasteiger partial charge in [-0.2, -0.15) is 0 Å². The predicted molar refractivity (Wildman–Crippen MR) is 186 cm³/mol. The lowest BCUT2D eigenvalue weighted by Crippen LogP contribution is -2.60. The first-order valence-corrected chi connectivity index (χ1v) is 17.0. The van der Waals surface area contributed by atoms with Crippen molar-refractivity contribution in [2.45, 2.75) is 103 Å². The molecule has 0 unspecified atom stereocenters. The molecule has 17 nitrogen and oxygen atoms in total. The molecular weight excluding hydrogens is 669 g/mol. The Morgan fingerprint density at radius 1 is 0.725 bits per heavy atom. The zero-order valence-electron chi connectivity index (χ0n) is 29.6. The van der Waals surface area contributed by atoms with Crippen LogP contribution in [-0.4, -0.2) is 90.1 Å². The summed E-state index contributed by atoms with van der Waals surface area (Å²) < 4.78 is 13.4. The van der Waals surface area contributed by atoms with Crippen molar-refractivity contribution in [1.82, 2.24) is 31.9 Å². The average molecular weight is 724 g/mol. The molecule has 0 aliphatic heterocycles. The Bertz CT molecular complexity index is 1330. The van der Waals surface area contributed by atoms with E-state index in [1.165, 1.54) is 24.3 Å². The van der Waals surface area contributed by atoms with Gasteiger partial charge in [-0.05, 0) is 61.6 Å². The third-order valence-corrected chi connectivity index (χ3v) is 8.03. The number of amides is 8. The summed E-state index contributed by atoms with van der Waals surface area (Å²) in [4.78, 5) is 87.7. The van der Waals surface area contributed by atoms with E-state index in [1.54, 1.807) is 13.8 Å². The van der Waals surface area contributed by atoms with Crippen LogP contribution >= 0.6 is 0 Å². The fourth-order valence-corrected chi connectivity index (χ4v) is 4.98. The molecule has 0 bridgehead atoms. The van der Waals surface area contributed by atoms with Gasteiger partial charge in [0, 0.05) is 19.5 Å². The van der Waals surface area contributed by atoms with Gasteiger partial charge in [0.25, 0.3) is 0 Å². The van der Waals surface area contributed by atoms with Crippen LogP contribution in [0.2, 0.25) is 0 Å². The number of hydrogen-bond acceptors (Lipinski definition) is 8. The van der Waals surface area contributed by atoms with Crippen molar-refractivity contribution in [1.29, 1.82) is 0 Å². The van der Waals surface area contributed by atoms with Gasteiger partial charge < -0.3 is 54.2 Å². The highest BCUT2D eigenvalue weighted by molar-refractivity contribution is 5.95. The topological polar surface area (TPSA) is 290 Å². The maximum Gasteiger partial charge on any atom is 0.326 e. The Morgan fingerprint density at radius 2 is 1.24 bits per heavy atom. The van der Waals surface area contributed by atoms with E-state index in [2.05, 4.69) is 31.9 Å². The van der Waals surface area contributed by atoms with Gasteiger partial charge in [0.05, 0.1) is 6.04 Å². The molecule has 0 heterocycles. The van der Waals surface area contributed by atoms with Crippen LogP contribution in [0.25, 0.3) is 0 Å². The fourth-order valence-electron chi connectivity index (χ4n) is 4.98. The second-order valence-electron chi connectivity index (χ2n) is 12.8. The summed E-state index contributed by atoms with van der Waals surface area (Å²) in [6.07, 6.45) is 1.19. The van der Waals surface area contributed by atoms with E-state index in [1.807, 2.05) is 13.8 Å². The van der Waals surface area contributed by atoms with E-state index < -0.39 is 83.6 Å². The number of rotatable bonds is 23. The Hall–Kier alpha value is -5.00. The third-order valence-electron chi connectivity index (χ3n) is 8.03. The van der Waals surface area contributed by atoms with Gasteiger partial charge >= 0.3 is 18.0 Å². The normalized spacial score (nSPS) is 14.5. The number of primary amides is 2. The van der Waals surface area contributed by atoms with Crippen LogP contribution < -0.4 is 49.1 Å². The number of aliphatic carboxylic acids is 1. The molecule has 0 saturated carbocycles. The van der Waals surface area contributed by atoms with Gasteiger partial charge in [-0.15, -0.1) is 0 Å². The maximum absolute atomic E-state index is 13.7. The number of carboxylic acids is 1. The molecule has 8 amide bonds. The number of carbonyl (C=O) groups excluding carboxylic acids is 6. The first-order chi connectivity index (χ1) is 23.9. The highest BCUT2D eigenvalue weighted by Gasteiger charge is 2.34. The lowest BCUT2D eigenvalue weighted by atomic mass is 9.96. The van der Waals surface area contributed by atoms with E-state index in [-0.39, 0.29) is 51.1 Å². The van der Waals surface area contributed by atoms with E-state index in [0.717, 1.165) is 0 Å². The standard InChI is InChI=1S/C33H54FN9O8/c1-5-19(4)26(30(47)42-25(31(48)49)17-20-10-12-21(34)13-11-20)43-29(46)24(16-18(2)3)41-28(45)23(9-7-15-39-33(37)51)40-27(44)22(35)8-6-14-38-32(36)50/h10-13,18-19,22-26H,5-9,14-17,35H2,1-4H3,(H,40,44)(H,41,45)(H,42,47)(H,43,46)(H,48,49)(H3,36,38,50)(H3,37,39,51)/t19-,22-,23-,24-,25-,26-/m0/s1. The van der Waals surface area contributed by atoms with Crippen molar-refractivity contribution in [3.63, 3.8) is 0 Å². The van der Waals surface area contributed by atoms with Gasteiger partial charge in [-0.1, -0.05) is 46.2 Å². The van der Waals surface area contributed by atoms with Crippen LogP contribution in [0.3, 0.4) is 0 Å². The lowest BCUT2D eigenvalue weighted by molar-refractivity contribution is -0.142. The Kier molecular flexibility index (Phi) is 19.6. The van der Waals surface area contributed by atoms with E-state index >= 15 is 0 Å². The van der Waals surface area contributed by atoms with Gasteiger partial charge in [-0.3, -0.25) is 19.2 Å². The van der Waals surface area contributed by atoms with Crippen LogP contribution in [0.5, 0.6) is 0 Å². The molecule has 0 fully saturated rings.